The van der Waals surface area contributed by atoms with Crippen molar-refractivity contribution >= 4 is 46.5 Å². The van der Waals surface area contributed by atoms with Crippen molar-refractivity contribution in [3.8, 4) is 0 Å². The quantitative estimate of drug-likeness (QED) is 0.390. The van der Waals surface area contributed by atoms with Gasteiger partial charge in [-0.1, -0.05) is 29.7 Å². The SMILES string of the molecule is Cc1ccc(NC(=O)c2ccc(NC(=O)C(C)N3CCCCC3)cc2)c(C(=O)Nc2ccc(Cl)cn2)c1. The Balaban J connectivity index is 1.41. The average Bonchev–Trinajstić information content (AvgIpc) is 2.91. The molecule has 4 rings (SSSR count). The van der Waals surface area contributed by atoms with Gasteiger partial charge in [-0.15, -0.1) is 0 Å². The molecule has 192 valence electrons. The van der Waals surface area contributed by atoms with Gasteiger partial charge in [0.1, 0.15) is 5.82 Å². The number of anilines is 3. The Labute approximate surface area is 221 Å². The molecule has 0 aliphatic carbocycles. The summed E-state index contributed by atoms with van der Waals surface area (Å²) in [5.41, 5.74) is 2.56. The van der Waals surface area contributed by atoms with Crippen molar-refractivity contribution in [2.45, 2.75) is 39.2 Å². The Hall–Kier alpha value is -3.75. The van der Waals surface area contributed by atoms with E-state index in [2.05, 4.69) is 25.8 Å². The molecule has 1 unspecified atom stereocenters. The lowest BCUT2D eigenvalue weighted by molar-refractivity contribution is -0.121. The number of aryl methyl sites for hydroxylation is 1. The maximum atomic E-state index is 13.0. The molecule has 8 nitrogen and oxygen atoms in total. The number of pyridine rings is 1. The van der Waals surface area contributed by atoms with Crippen molar-refractivity contribution in [1.29, 1.82) is 0 Å². The molecule has 3 amide bonds. The van der Waals surface area contributed by atoms with Crippen LogP contribution in [0, 0.1) is 6.92 Å². The van der Waals surface area contributed by atoms with E-state index in [1.54, 1.807) is 48.5 Å². The molecule has 0 spiro atoms. The normalized spacial score (nSPS) is 14.5. The van der Waals surface area contributed by atoms with Gasteiger partial charge in [-0.3, -0.25) is 19.3 Å². The van der Waals surface area contributed by atoms with Crippen LogP contribution in [0.1, 0.15) is 52.5 Å². The largest absolute Gasteiger partial charge is 0.325 e. The van der Waals surface area contributed by atoms with Gasteiger partial charge in [0.2, 0.25) is 5.91 Å². The number of hydrogen-bond donors (Lipinski definition) is 3. The molecule has 1 saturated heterocycles. The Kier molecular flexibility index (Phi) is 8.53. The Morgan fingerprint density at radius 3 is 2.30 bits per heavy atom. The number of hydrogen-bond acceptors (Lipinski definition) is 5. The standard InChI is InChI=1S/C28H30ClN5O3/c1-18-6-12-24(23(16-18)28(37)33-25-13-9-21(29)17-30-25)32-27(36)20-7-10-22(11-8-20)31-26(35)19(2)34-14-4-3-5-15-34/h6-13,16-17,19H,3-5,14-15H2,1-2H3,(H,31,35)(H,32,36)(H,30,33,37). The molecule has 0 saturated carbocycles. The van der Waals surface area contributed by atoms with Gasteiger partial charge in [-0.2, -0.15) is 0 Å². The maximum absolute atomic E-state index is 13.0. The fourth-order valence-electron chi connectivity index (χ4n) is 4.21. The van der Waals surface area contributed by atoms with E-state index in [0.29, 0.717) is 33.3 Å². The number of rotatable bonds is 7. The average molecular weight is 520 g/mol. The summed E-state index contributed by atoms with van der Waals surface area (Å²) >= 11 is 5.86. The second kappa shape index (κ2) is 12.0. The Bertz CT molecular complexity index is 1270. The van der Waals surface area contributed by atoms with E-state index < -0.39 is 5.91 Å². The van der Waals surface area contributed by atoms with Gasteiger partial charge < -0.3 is 16.0 Å². The van der Waals surface area contributed by atoms with E-state index >= 15 is 0 Å². The number of carbonyl (C=O) groups is 3. The first-order chi connectivity index (χ1) is 17.8. The number of nitrogens with one attached hydrogen (secondary N) is 3. The first kappa shape index (κ1) is 26.3. The number of piperidine rings is 1. The molecule has 37 heavy (non-hydrogen) atoms. The van der Waals surface area contributed by atoms with Gasteiger partial charge in [0, 0.05) is 17.4 Å². The summed E-state index contributed by atoms with van der Waals surface area (Å²) in [4.78, 5) is 44.8. The molecular weight excluding hydrogens is 490 g/mol. The highest BCUT2D eigenvalue weighted by Gasteiger charge is 2.23. The molecule has 2 heterocycles. The molecule has 1 aliphatic rings. The summed E-state index contributed by atoms with van der Waals surface area (Å²) in [7, 11) is 0. The minimum absolute atomic E-state index is 0.0652. The molecule has 1 aromatic heterocycles. The molecule has 1 fully saturated rings. The monoisotopic (exact) mass is 519 g/mol. The van der Waals surface area contributed by atoms with Crippen LogP contribution >= 0.6 is 11.6 Å². The van der Waals surface area contributed by atoms with Gasteiger partial charge in [0.25, 0.3) is 11.8 Å². The number of amides is 3. The molecule has 2 aromatic carbocycles. The maximum Gasteiger partial charge on any atom is 0.258 e. The zero-order chi connectivity index (χ0) is 26.4. The van der Waals surface area contributed by atoms with E-state index in [1.807, 2.05) is 19.9 Å². The third-order valence-electron chi connectivity index (χ3n) is 6.37. The van der Waals surface area contributed by atoms with Crippen LogP contribution in [0.15, 0.2) is 60.8 Å². The van der Waals surface area contributed by atoms with Crippen LogP contribution in [0.3, 0.4) is 0 Å². The number of nitrogens with zero attached hydrogens (tertiary/aromatic N) is 2. The van der Waals surface area contributed by atoms with Crippen LogP contribution < -0.4 is 16.0 Å². The number of halogens is 1. The molecule has 0 bridgehead atoms. The molecule has 1 aliphatic heterocycles. The van der Waals surface area contributed by atoms with Crippen LogP contribution in [0.5, 0.6) is 0 Å². The number of carbonyl (C=O) groups excluding carboxylic acids is 3. The van der Waals surface area contributed by atoms with Gasteiger partial charge in [0.15, 0.2) is 0 Å². The van der Waals surface area contributed by atoms with Gasteiger partial charge in [-0.25, -0.2) is 4.98 Å². The van der Waals surface area contributed by atoms with Crippen LogP contribution in [0.4, 0.5) is 17.2 Å². The van der Waals surface area contributed by atoms with Crippen molar-refractivity contribution in [3.63, 3.8) is 0 Å². The zero-order valence-electron chi connectivity index (χ0n) is 20.9. The van der Waals surface area contributed by atoms with E-state index in [4.69, 9.17) is 11.6 Å². The van der Waals surface area contributed by atoms with Crippen molar-refractivity contribution in [2.24, 2.45) is 0 Å². The third-order valence-corrected chi connectivity index (χ3v) is 6.59. The highest BCUT2D eigenvalue weighted by atomic mass is 35.5. The van der Waals surface area contributed by atoms with Crippen molar-refractivity contribution in [2.75, 3.05) is 29.0 Å². The summed E-state index contributed by atoms with van der Waals surface area (Å²) in [5.74, 6) is -0.498. The first-order valence-corrected chi connectivity index (χ1v) is 12.7. The fraction of sp³-hybridized carbons (Fsp3) is 0.286. The first-order valence-electron chi connectivity index (χ1n) is 12.3. The number of likely N-dealkylation sites (tertiary alicyclic amines) is 1. The van der Waals surface area contributed by atoms with Crippen LogP contribution in [-0.2, 0) is 4.79 Å². The van der Waals surface area contributed by atoms with Crippen molar-refractivity contribution < 1.29 is 14.4 Å². The number of benzene rings is 2. The van der Waals surface area contributed by atoms with E-state index in [-0.39, 0.29) is 17.9 Å². The lowest BCUT2D eigenvalue weighted by Crippen LogP contribution is -2.44. The smallest absolute Gasteiger partial charge is 0.258 e. The van der Waals surface area contributed by atoms with Crippen LogP contribution in [0.25, 0.3) is 0 Å². The van der Waals surface area contributed by atoms with Crippen molar-refractivity contribution in [1.82, 2.24) is 9.88 Å². The zero-order valence-corrected chi connectivity index (χ0v) is 21.6. The molecule has 9 heteroatoms. The third kappa shape index (κ3) is 6.93. The fourth-order valence-corrected chi connectivity index (χ4v) is 4.32. The molecular formula is C28H30ClN5O3. The minimum Gasteiger partial charge on any atom is -0.325 e. The second-order valence-electron chi connectivity index (χ2n) is 9.16. The van der Waals surface area contributed by atoms with E-state index in [0.717, 1.165) is 31.5 Å². The second-order valence-corrected chi connectivity index (χ2v) is 9.59. The summed E-state index contributed by atoms with van der Waals surface area (Å²) in [6, 6.07) is 14.9. The van der Waals surface area contributed by atoms with Gasteiger partial charge in [0.05, 0.1) is 22.3 Å². The Morgan fingerprint density at radius 1 is 0.892 bits per heavy atom. The summed E-state index contributed by atoms with van der Waals surface area (Å²) in [6.07, 6.45) is 4.88. The highest BCUT2D eigenvalue weighted by molar-refractivity contribution is 6.30. The van der Waals surface area contributed by atoms with Crippen LogP contribution in [0.2, 0.25) is 5.02 Å². The predicted octanol–water partition coefficient (Wildman–Crippen LogP) is 5.36. The minimum atomic E-state index is -0.408. The Morgan fingerprint density at radius 2 is 1.62 bits per heavy atom. The molecule has 0 radical (unpaired) electrons. The summed E-state index contributed by atoms with van der Waals surface area (Å²) in [5, 5.41) is 8.93. The lowest BCUT2D eigenvalue weighted by Gasteiger charge is -2.31. The molecule has 1 atom stereocenters. The topological polar surface area (TPSA) is 103 Å². The summed E-state index contributed by atoms with van der Waals surface area (Å²) < 4.78 is 0. The van der Waals surface area contributed by atoms with Crippen molar-refractivity contribution in [3.05, 3.63) is 82.5 Å². The van der Waals surface area contributed by atoms with E-state index in [9.17, 15) is 14.4 Å². The highest BCUT2D eigenvalue weighted by Crippen LogP contribution is 2.21. The summed E-state index contributed by atoms with van der Waals surface area (Å²) in [6.45, 7) is 5.65. The number of aromatic nitrogens is 1. The van der Waals surface area contributed by atoms with Gasteiger partial charge >= 0.3 is 0 Å². The van der Waals surface area contributed by atoms with Crippen LogP contribution in [-0.4, -0.2) is 46.7 Å². The van der Waals surface area contributed by atoms with Gasteiger partial charge in [-0.05, 0) is 88.3 Å². The lowest BCUT2D eigenvalue weighted by atomic mass is 10.1. The van der Waals surface area contributed by atoms with E-state index in [1.165, 1.54) is 12.6 Å². The molecule has 3 N–H and O–H groups in total. The molecule has 3 aromatic rings. The predicted molar refractivity (Wildman–Crippen MR) is 146 cm³/mol.